The zero-order valence-corrected chi connectivity index (χ0v) is 11.6. The van der Waals surface area contributed by atoms with Crippen LogP contribution in [-0.4, -0.2) is 26.7 Å². The van der Waals surface area contributed by atoms with Gasteiger partial charge in [-0.3, -0.25) is 9.48 Å². The first-order valence-corrected chi connectivity index (χ1v) is 6.48. The number of hydrogen-bond acceptors (Lipinski definition) is 3. The van der Waals surface area contributed by atoms with Crippen LogP contribution in [0.25, 0.3) is 0 Å². The molecule has 2 aromatic rings. The van der Waals surface area contributed by atoms with Crippen LogP contribution in [0.5, 0.6) is 0 Å². The second kappa shape index (κ2) is 6.47. The summed E-state index contributed by atoms with van der Waals surface area (Å²) in [5, 5.41) is 6.97. The molecule has 1 atom stereocenters. The van der Waals surface area contributed by atoms with Gasteiger partial charge < -0.3 is 5.32 Å². The number of benzene rings is 1. The fourth-order valence-electron chi connectivity index (χ4n) is 1.84. The van der Waals surface area contributed by atoms with Crippen molar-refractivity contribution >= 4 is 17.5 Å². The van der Waals surface area contributed by atoms with Gasteiger partial charge in [-0.25, -0.2) is 9.37 Å². The van der Waals surface area contributed by atoms with Crippen molar-refractivity contribution in [2.75, 3.05) is 0 Å². The second-order valence-corrected chi connectivity index (χ2v) is 4.87. The van der Waals surface area contributed by atoms with Gasteiger partial charge in [-0.05, 0) is 19.1 Å². The van der Waals surface area contributed by atoms with Crippen LogP contribution in [0.2, 0.25) is 5.02 Å². The largest absolute Gasteiger partial charge is 0.351 e. The summed E-state index contributed by atoms with van der Waals surface area (Å²) in [6.07, 6.45) is 2.90. The highest BCUT2D eigenvalue weighted by atomic mass is 35.5. The number of amides is 1. The lowest BCUT2D eigenvalue weighted by Gasteiger charge is -2.14. The molecule has 20 heavy (non-hydrogen) atoms. The molecule has 1 N–H and O–H groups in total. The van der Waals surface area contributed by atoms with Gasteiger partial charge in [-0.1, -0.05) is 17.7 Å². The molecule has 5 nitrogen and oxygen atoms in total. The average Bonchev–Trinajstić information content (AvgIpc) is 2.86. The Morgan fingerprint density at radius 3 is 3.00 bits per heavy atom. The average molecular weight is 297 g/mol. The lowest BCUT2D eigenvalue weighted by molar-refractivity contribution is -0.121. The maximum atomic E-state index is 13.6. The lowest BCUT2D eigenvalue weighted by atomic mass is 10.1. The van der Waals surface area contributed by atoms with Crippen LogP contribution < -0.4 is 5.32 Å². The first kappa shape index (κ1) is 14.5. The van der Waals surface area contributed by atoms with Crippen LogP contribution in [0.4, 0.5) is 4.39 Å². The smallest absolute Gasteiger partial charge is 0.224 e. The van der Waals surface area contributed by atoms with Crippen LogP contribution in [0.3, 0.4) is 0 Å². The van der Waals surface area contributed by atoms with E-state index in [1.165, 1.54) is 18.5 Å². The molecular weight excluding hydrogens is 283 g/mol. The molecule has 1 unspecified atom stereocenters. The Morgan fingerprint density at radius 1 is 1.55 bits per heavy atom. The van der Waals surface area contributed by atoms with E-state index in [1.54, 1.807) is 17.1 Å². The van der Waals surface area contributed by atoms with Crippen LogP contribution in [0.1, 0.15) is 12.5 Å². The Kier molecular flexibility index (Phi) is 4.68. The molecule has 1 heterocycles. The molecule has 1 aromatic carbocycles. The zero-order valence-electron chi connectivity index (χ0n) is 10.9. The number of carbonyl (C=O) groups excluding carboxylic acids is 1. The predicted molar refractivity (Wildman–Crippen MR) is 72.7 cm³/mol. The van der Waals surface area contributed by atoms with Gasteiger partial charge in [0.25, 0.3) is 0 Å². The van der Waals surface area contributed by atoms with E-state index < -0.39 is 5.82 Å². The summed E-state index contributed by atoms with van der Waals surface area (Å²) >= 11 is 5.88. The highest BCUT2D eigenvalue weighted by molar-refractivity contribution is 6.31. The van der Waals surface area contributed by atoms with Crippen LogP contribution >= 0.6 is 11.6 Å². The van der Waals surface area contributed by atoms with Gasteiger partial charge in [0.1, 0.15) is 18.5 Å². The Balaban J connectivity index is 1.92. The molecular formula is C13H14ClFN4O. The summed E-state index contributed by atoms with van der Waals surface area (Å²) < 4.78 is 15.2. The van der Waals surface area contributed by atoms with Crippen molar-refractivity contribution in [3.8, 4) is 0 Å². The quantitative estimate of drug-likeness (QED) is 0.915. The number of carbonyl (C=O) groups is 1. The molecule has 106 valence electrons. The third-order valence-electron chi connectivity index (χ3n) is 2.73. The van der Waals surface area contributed by atoms with Gasteiger partial charge in [0.2, 0.25) is 5.91 Å². The third kappa shape index (κ3) is 3.77. The van der Waals surface area contributed by atoms with Crippen LogP contribution in [-0.2, 0) is 17.8 Å². The summed E-state index contributed by atoms with van der Waals surface area (Å²) in [4.78, 5) is 15.7. The molecule has 2 rings (SSSR count). The van der Waals surface area contributed by atoms with E-state index in [-0.39, 0.29) is 29.0 Å². The predicted octanol–water partition coefficient (Wildman–Crippen LogP) is 1.82. The molecule has 0 aliphatic rings. The summed E-state index contributed by atoms with van der Waals surface area (Å²) in [6, 6.07) is 4.21. The maximum Gasteiger partial charge on any atom is 0.224 e. The zero-order chi connectivity index (χ0) is 14.5. The van der Waals surface area contributed by atoms with E-state index in [2.05, 4.69) is 15.4 Å². The topological polar surface area (TPSA) is 59.8 Å². The minimum Gasteiger partial charge on any atom is -0.351 e. The summed E-state index contributed by atoms with van der Waals surface area (Å²) in [6.45, 7) is 2.33. The first-order valence-electron chi connectivity index (χ1n) is 6.11. The summed E-state index contributed by atoms with van der Waals surface area (Å²) in [7, 11) is 0. The SMILES string of the molecule is CC(Cn1cncn1)NC(=O)Cc1c(F)cccc1Cl. The maximum absolute atomic E-state index is 13.6. The molecule has 0 fully saturated rings. The van der Waals surface area contributed by atoms with Gasteiger partial charge in [-0.2, -0.15) is 5.10 Å². The number of nitrogens with zero attached hydrogens (tertiary/aromatic N) is 3. The van der Waals surface area contributed by atoms with Gasteiger partial charge in [-0.15, -0.1) is 0 Å². The van der Waals surface area contributed by atoms with Crippen molar-refractivity contribution in [2.45, 2.75) is 25.9 Å². The molecule has 7 heteroatoms. The fourth-order valence-corrected chi connectivity index (χ4v) is 2.07. The molecule has 0 saturated heterocycles. The van der Waals surface area contributed by atoms with Crippen molar-refractivity contribution in [3.05, 3.63) is 47.3 Å². The second-order valence-electron chi connectivity index (χ2n) is 4.46. The summed E-state index contributed by atoms with van der Waals surface area (Å²) in [5.41, 5.74) is 0.208. The molecule has 0 aliphatic heterocycles. The van der Waals surface area contributed by atoms with Crippen LogP contribution in [0, 0.1) is 5.82 Å². The van der Waals surface area contributed by atoms with Crippen molar-refractivity contribution in [1.29, 1.82) is 0 Å². The van der Waals surface area contributed by atoms with E-state index >= 15 is 0 Å². The van der Waals surface area contributed by atoms with Crippen molar-refractivity contribution in [2.24, 2.45) is 0 Å². The van der Waals surface area contributed by atoms with E-state index in [0.29, 0.717) is 6.54 Å². The normalized spacial score (nSPS) is 12.2. The Bertz CT molecular complexity index is 568. The van der Waals surface area contributed by atoms with Crippen LogP contribution in [0.15, 0.2) is 30.9 Å². The van der Waals surface area contributed by atoms with Crippen molar-refractivity contribution in [1.82, 2.24) is 20.1 Å². The van der Waals surface area contributed by atoms with Crippen molar-refractivity contribution in [3.63, 3.8) is 0 Å². The standard InChI is InChI=1S/C13H14ClFN4O/c1-9(6-19-8-16-7-17-19)18-13(20)5-10-11(14)3-2-4-12(10)15/h2-4,7-9H,5-6H2,1H3,(H,18,20). The molecule has 0 saturated carbocycles. The Labute approximate surface area is 120 Å². The monoisotopic (exact) mass is 296 g/mol. The minimum absolute atomic E-state index is 0.0901. The molecule has 0 spiro atoms. The van der Waals surface area contributed by atoms with E-state index in [0.717, 1.165) is 0 Å². The highest BCUT2D eigenvalue weighted by Crippen LogP contribution is 2.19. The number of nitrogens with one attached hydrogen (secondary N) is 1. The highest BCUT2D eigenvalue weighted by Gasteiger charge is 2.14. The minimum atomic E-state index is -0.475. The number of rotatable bonds is 5. The molecule has 0 radical (unpaired) electrons. The van der Waals surface area contributed by atoms with E-state index in [9.17, 15) is 9.18 Å². The van der Waals surface area contributed by atoms with E-state index in [4.69, 9.17) is 11.6 Å². The Hall–Kier alpha value is -1.95. The molecule has 0 aliphatic carbocycles. The van der Waals surface area contributed by atoms with Crippen molar-refractivity contribution < 1.29 is 9.18 Å². The molecule has 0 bridgehead atoms. The van der Waals surface area contributed by atoms with Gasteiger partial charge >= 0.3 is 0 Å². The lowest BCUT2D eigenvalue weighted by Crippen LogP contribution is -2.36. The Morgan fingerprint density at radius 2 is 2.35 bits per heavy atom. The first-order chi connectivity index (χ1) is 9.56. The van der Waals surface area contributed by atoms with Gasteiger partial charge in [0.15, 0.2) is 0 Å². The summed E-state index contributed by atoms with van der Waals surface area (Å²) in [5.74, 6) is -0.763. The van der Waals surface area contributed by atoms with E-state index in [1.807, 2.05) is 6.92 Å². The fraction of sp³-hybridized carbons (Fsp3) is 0.308. The van der Waals surface area contributed by atoms with Gasteiger partial charge in [0, 0.05) is 16.6 Å². The third-order valence-corrected chi connectivity index (χ3v) is 3.09. The van der Waals surface area contributed by atoms with Gasteiger partial charge in [0.05, 0.1) is 13.0 Å². The molecule has 1 aromatic heterocycles. The number of hydrogen-bond donors (Lipinski definition) is 1. The number of aromatic nitrogens is 3. The number of halogens is 2. The molecule has 1 amide bonds.